The van der Waals surface area contributed by atoms with Gasteiger partial charge in [-0.25, -0.2) is 22.7 Å². The van der Waals surface area contributed by atoms with Gasteiger partial charge in [-0.1, -0.05) is 0 Å². The van der Waals surface area contributed by atoms with Gasteiger partial charge in [-0.15, -0.1) is 0 Å². The van der Waals surface area contributed by atoms with Crippen molar-refractivity contribution in [3.63, 3.8) is 0 Å². The van der Waals surface area contributed by atoms with Gasteiger partial charge in [0.2, 0.25) is 17.4 Å². The van der Waals surface area contributed by atoms with Gasteiger partial charge in [0, 0.05) is 28.7 Å². The second kappa shape index (κ2) is 10.6. The summed E-state index contributed by atoms with van der Waals surface area (Å²) in [6.07, 6.45) is -3.64. The van der Waals surface area contributed by atoms with Crippen molar-refractivity contribution >= 4 is 17.3 Å². The number of halogens is 6. The fourth-order valence-electron chi connectivity index (χ4n) is 5.28. The highest BCUT2D eigenvalue weighted by Crippen LogP contribution is 2.48. The van der Waals surface area contributed by atoms with Crippen LogP contribution >= 0.6 is 0 Å². The Morgan fingerprint density at radius 1 is 1.15 bits per heavy atom. The van der Waals surface area contributed by atoms with Crippen LogP contribution < -0.4 is 20.5 Å². The normalized spacial score (nSPS) is 19.0. The molecule has 242 valence electrons. The molecule has 0 saturated heterocycles. The number of fused-ring (bicyclic) bond motifs is 2. The van der Waals surface area contributed by atoms with Crippen LogP contribution in [0.15, 0.2) is 36.4 Å². The number of nitrogens with zero attached hydrogens (tertiary/aromatic N) is 3. The number of hydrogen-bond acceptors (Lipinski definition) is 7. The highest BCUT2D eigenvalue weighted by molar-refractivity contribution is 5.96. The lowest BCUT2D eigenvalue weighted by molar-refractivity contribution is -0.265. The summed E-state index contributed by atoms with van der Waals surface area (Å²) in [4.78, 5) is 29.4. The largest absolute Gasteiger partial charge is 0.489 e. The van der Waals surface area contributed by atoms with E-state index in [1.54, 1.807) is 6.07 Å². The maximum atomic E-state index is 14.9. The van der Waals surface area contributed by atoms with Crippen LogP contribution in [0.4, 0.5) is 26.3 Å². The molecule has 6 rings (SSSR count). The van der Waals surface area contributed by atoms with E-state index in [-0.39, 0.29) is 22.9 Å². The predicted octanol–water partition coefficient (Wildman–Crippen LogP) is 4.01. The minimum atomic E-state index is -5.53. The minimum Gasteiger partial charge on any atom is -0.489 e. The Bertz CT molecular complexity index is 1930. The first-order chi connectivity index (χ1) is 21.6. The number of benzene rings is 1. The Kier molecular flexibility index (Phi) is 7.18. The lowest BCUT2D eigenvalue weighted by Gasteiger charge is -2.31. The lowest BCUT2D eigenvalue weighted by Crippen LogP contribution is -2.51. The minimum absolute atomic E-state index is 0.114. The van der Waals surface area contributed by atoms with E-state index in [1.807, 2.05) is 0 Å². The number of carbonyl (C=O) groups excluding carboxylic acids is 2. The highest BCUT2D eigenvalue weighted by atomic mass is 19.4. The van der Waals surface area contributed by atoms with Crippen LogP contribution in [0.1, 0.15) is 53.0 Å². The molecule has 0 unspecified atom stereocenters. The number of alkyl halides is 3. The van der Waals surface area contributed by atoms with Gasteiger partial charge in [0.1, 0.15) is 23.5 Å². The Morgan fingerprint density at radius 2 is 1.87 bits per heavy atom. The molecule has 16 heteroatoms. The van der Waals surface area contributed by atoms with Gasteiger partial charge in [0.25, 0.3) is 5.91 Å². The first-order valence-corrected chi connectivity index (χ1v) is 13.9. The van der Waals surface area contributed by atoms with E-state index < -0.39 is 82.3 Å². The summed E-state index contributed by atoms with van der Waals surface area (Å²) in [5, 5.41) is 17.7. The molecule has 0 radical (unpaired) electrons. The number of rotatable bonds is 8. The van der Waals surface area contributed by atoms with Crippen LogP contribution in [0.3, 0.4) is 0 Å². The maximum Gasteiger partial charge on any atom is 0.424 e. The number of aromatic nitrogens is 3. The van der Waals surface area contributed by atoms with Crippen molar-refractivity contribution in [2.24, 2.45) is 5.73 Å². The molecule has 10 nitrogen and oxygen atoms in total. The summed E-state index contributed by atoms with van der Waals surface area (Å²) in [5.74, 6) is -7.44. The number of methoxy groups -OCH3 is 1. The maximum absolute atomic E-state index is 14.9. The standard InChI is InChI=1S/C30H25F6N5O5/c1-28(27(37)43)12-46-25-17(28)10-20(39-24(25)16-5-6-18(31)23(33)22(16)32)29(44,30(34,35)36)11-38-26(42)14-7-15-9-19(13-3-4-13)40-41(15)21(8-14)45-2/h5-10,13,44H,3-4,11-12H2,1-2H3,(H2,37,43)(H,38,42)/t28-,29-/m0/s1. The van der Waals surface area contributed by atoms with Crippen LogP contribution in [-0.2, 0) is 15.8 Å². The van der Waals surface area contributed by atoms with E-state index in [0.29, 0.717) is 23.7 Å². The molecule has 2 aliphatic rings. The third-order valence-corrected chi connectivity index (χ3v) is 8.32. The van der Waals surface area contributed by atoms with Gasteiger partial charge >= 0.3 is 6.18 Å². The zero-order valence-electron chi connectivity index (χ0n) is 24.1. The quantitative estimate of drug-likeness (QED) is 0.194. The molecule has 1 fully saturated rings. The molecule has 2 atom stereocenters. The van der Waals surface area contributed by atoms with Gasteiger partial charge in [-0.2, -0.15) is 18.3 Å². The zero-order chi connectivity index (χ0) is 33.3. The van der Waals surface area contributed by atoms with E-state index in [4.69, 9.17) is 15.2 Å². The molecule has 4 heterocycles. The molecule has 3 aromatic heterocycles. The van der Waals surface area contributed by atoms with Crippen LogP contribution in [0.2, 0.25) is 0 Å². The van der Waals surface area contributed by atoms with E-state index >= 15 is 0 Å². The summed E-state index contributed by atoms with van der Waals surface area (Å²) in [5.41, 5.74) is -2.21. The van der Waals surface area contributed by atoms with Gasteiger partial charge in [-0.3, -0.25) is 9.59 Å². The number of amides is 2. The monoisotopic (exact) mass is 649 g/mol. The smallest absolute Gasteiger partial charge is 0.424 e. The molecular formula is C30H25F6N5O5. The number of hydrogen-bond donors (Lipinski definition) is 3. The van der Waals surface area contributed by atoms with E-state index in [2.05, 4.69) is 15.4 Å². The number of primary amides is 1. The molecule has 46 heavy (non-hydrogen) atoms. The van der Waals surface area contributed by atoms with Crippen molar-refractivity contribution in [1.29, 1.82) is 0 Å². The molecule has 4 N–H and O–H groups in total. The van der Waals surface area contributed by atoms with Crippen LogP contribution in [0.5, 0.6) is 11.6 Å². The Balaban J connectivity index is 1.43. The molecule has 1 aliphatic carbocycles. The summed E-state index contributed by atoms with van der Waals surface area (Å²) in [6.45, 7) is -0.780. The highest BCUT2D eigenvalue weighted by Gasteiger charge is 2.58. The zero-order valence-corrected chi connectivity index (χ0v) is 24.1. The average molecular weight is 650 g/mol. The molecule has 0 bridgehead atoms. The Labute approximate surface area is 256 Å². The molecule has 2 amide bonds. The van der Waals surface area contributed by atoms with E-state index in [9.17, 15) is 41.0 Å². The Morgan fingerprint density at radius 3 is 2.50 bits per heavy atom. The van der Waals surface area contributed by atoms with Crippen molar-refractivity contribution in [2.45, 2.75) is 42.9 Å². The van der Waals surface area contributed by atoms with Gasteiger partial charge in [0.15, 0.2) is 17.5 Å². The molecular weight excluding hydrogens is 624 g/mol. The summed E-state index contributed by atoms with van der Waals surface area (Å²) >= 11 is 0. The van der Waals surface area contributed by atoms with Gasteiger partial charge < -0.3 is 25.6 Å². The fraction of sp³-hybridized carbons (Fsp3) is 0.333. The molecule has 4 aromatic rings. The van der Waals surface area contributed by atoms with Gasteiger partial charge in [0.05, 0.1) is 30.6 Å². The number of ether oxygens (including phenoxy) is 2. The number of aliphatic hydroxyl groups is 1. The van der Waals surface area contributed by atoms with Crippen LogP contribution in [0.25, 0.3) is 16.8 Å². The molecule has 1 aromatic carbocycles. The molecule has 1 aliphatic heterocycles. The fourth-order valence-corrected chi connectivity index (χ4v) is 5.28. The third kappa shape index (κ3) is 4.87. The lowest BCUT2D eigenvalue weighted by atomic mass is 9.81. The topological polar surface area (TPSA) is 141 Å². The number of pyridine rings is 2. The number of nitrogens with one attached hydrogen (secondary N) is 1. The number of nitrogens with two attached hydrogens (primary N) is 1. The second-order valence-corrected chi connectivity index (χ2v) is 11.4. The average Bonchev–Trinajstić information content (AvgIpc) is 3.68. The first kappa shape index (κ1) is 31.1. The molecule has 1 saturated carbocycles. The van der Waals surface area contributed by atoms with Crippen molar-refractivity contribution in [3.8, 4) is 22.9 Å². The SMILES string of the molecule is COc1cc(C(=O)NC[C@](O)(c2cc3c(c(-c4ccc(F)c(F)c4F)n2)OC[C@]3(C)C(N)=O)C(F)(F)F)cc2cc(C3CC3)nn12. The van der Waals surface area contributed by atoms with Crippen LogP contribution in [0, 0.1) is 17.5 Å². The van der Waals surface area contributed by atoms with E-state index in [1.165, 1.54) is 30.7 Å². The summed E-state index contributed by atoms with van der Waals surface area (Å²) in [6, 6.07) is 6.31. The second-order valence-electron chi connectivity index (χ2n) is 11.4. The van der Waals surface area contributed by atoms with Crippen molar-refractivity contribution < 1.29 is 50.5 Å². The number of carbonyl (C=O) groups is 2. The van der Waals surface area contributed by atoms with Crippen molar-refractivity contribution in [3.05, 3.63) is 76.4 Å². The predicted molar refractivity (Wildman–Crippen MR) is 148 cm³/mol. The summed E-state index contributed by atoms with van der Waals surface area (Å²) < 4.78 is 99.2. The third-order valence-electron chi connectivity index (χ3n) is 8.32. The van der Waals surface area contributed by atoms with Crippen LogP contribution in [-0.4, -0.2) is 58.0 Å². The van der Waals surface area contributed by atoms with E-state index in [0.717, 1.165) is 18.5 Å². The Hall–Kier alpha value is -4.86. The van der Waals surface area contributed by atoms with Crippen molar-refractivity contribution in [2.75, 3.05) is 20.3 Å². The summed E-state index contributed by atoms with van der Waals surface area (Å²) in [7, 11) is 1.33. The van der Waals surface area contributed by atoms with Gasteiger partial charge in [-0.05, 0) is 50.1 Å². The van der Waals surface area contributed by atoms with Crippen molar-refractivity contribution in [1.82, 2.24) is 19.9 Å². The first-order valence-electron chi connectivity index (χ1n) is 13.9. The molecule has 0 spiro atoms.